The van der Waals surface area contributed by atoms with E-state index in [4.69, 9.17) is 9.47 Å². The highest BCUT2D eigenvalue weighted by atomic mass is 32.1. The molecule has 2 rings (SSSR count). The van der Waals surface area contributed by atoms with Crippen molar-refractivity contribution in [3.8, 4) is 0 Å². The van der Waals surface area contributed by atoms with E-state index in [0.717, 1.165) is 36.1 Å². The van der Waals surface area contributed by atoms with Gasteiger partial charge in [-0.25, -0.2) is 4.79 Å². The Morgan fingerprint density at radius 1 is 1.29 bits per heavy atom. The van der Waals surface area contributed by atoms with Gasteiger partial charge in [0, 0.05) is 18.4 Å². The van der Waals surface area contributed by atoms with E-state index < -0.39 is 23.9 Å². The summed E-state index contributed by atoms with van der Waals surface area (Å²) in [5.74, 6) is -2.19. The van der Waals surface area contributed by atoms with Crippen LogP contribution in [-0.2, 0) is 31.9 Å². The standard InChI is InChI=1S/C19H28N2O6S/c1-3-27-19(25)16-12-7-4-5-8-14(12)28-17(16)21-15(22)11-13(18(23)24)20-9-6-10-26-2/h13,20H,3-11H2,1-2H3,(H,21,22)(H,23,24)/t13-/m1/s1. The van der Waals surface area contributed by atoms with Crippen LogP contribution in [0.1, 0.15) is 53.4 Å². The molecule has 0 radical (unpaired) electrons. The first kappa shape index (κ1) is 22.3. The topological polar surface area (TPSA) is 121 Å². The summed E-state index contributed by atoms with van der Waals surface area (Å²) in [5.41, 5.74) is 1.37. The van der Waals surface area contributed by atoms with Crippen molar-refractivity contribution in [1.29, 1.82) is 0 Å². The van der Waals surface area contributed by atoms with Crippen molar-refractivity contribution in [2.45, 2.75) is 51.5 Å². The number of nitrogens with two attached hydrogens (primary N) is 1. The molecule has 0 unspecified atom stereocenters. The molecule has 1 amide bonds. The minimum Gasteiger partial charge on any atom is -0.544 e. The maximum absolute atomic E-state index is 12.5. The normalized spacial score (nSPS) is 14.2. The number of nitrogens with one attached hydrogen (secondary N) is 1. The molecule has 28 heavy (non-hydrogen) atoms. The van der Waals surface area contributed by atoms with Crippen LogP contribution >= 0.6 is 11.3 Å². The molecule has 156 valence electrons. The van der Waals surface area contributed by atoms with Gasteiger partial charge in [0.05, 0.1) is 37.7 Å². The fourth-order valence-electron chi connectivity index (χ4n) is 3.26. The Kier molecular flexibility index (Phi) is 8.88. The van der Waals surface area contributed by atoms with Gasteiger partial charge in [-0.15, -0.1) is 11.3 Å². The van der Waals surface area contributed by atoms with Gasteiger partial charge in [-0.3, -0.25) is 4.79 Å². The van der Waals surface area contributed by atoms with Gasteiger partial charge in [-0.05, 0) is 38.2 Å². The molecule has 1 heterocycles. The molecule has 1 aromatic rings. The van der Waals surface area contributed by atoms with Gasteiger partial charge in [-0.2, -0.15) is 0 Å². The summed E-state index contributed by atoms with van der Waals surface area (Å²) < 4.78 is 10.1. The first-order chi connectivity index (χ1) is 13.5. The number of carbonyl (C=O) groups is 3. The molecule has 0 aliphatic heterocycles. The second kappa shape index (κ2) is 11.1. The van der Waals surface area contributed by atoms with E-state index in [2.05, 4.69) is 5.32 Å². The first-order valence-electron chi connectivity index (χ1n) is 9.62. The van der Waals surface area contributed by atoms with Crippen LogP contribution in [0.2, 0.25) is 0 Å². The number of aliphatic carboxylic acids is 1. The molecule has 0 saturated carbocycles. The lowest BCUT2D eigenvalue weighted by Crippen LogP contribution is -2.93. The summed E-state index contributed by atoms with van der Waals surface area (Å²) in [4.78, 5) is 37.3. The monoisotopic (exact) mass is 412 g/mol. The summed E-state index contributed by atoms with van der Waals surface area (Å²) in [7, 11) is 1.57. The van der Waals surface area contributed by atoms with E-state index in [9.17, 15) is 19.5 Å². The molecular formula is C19H28N2O6S. The number of aryl methyl sites for hydroxylation is 1. The van der Waals surface area contributed by atoms with Gasteiger partial charge in [0.15, 0.2) is 0 Å². The number of anilines is 1. The van der Waals surface area contributed by atoms with Crippen LogP contribution in [0.4, 0.5) is 5.00 Å². The maximum atomic E-state index is 12.5. The number of quaternary nitrogens is 1. The zero-order valence-electron chi connectivity index (χ0n) is 16.4. The quantitative estimate of drug-likeness (QED) is 0.385. The van der Waals surface area contributed by atoms with Crippen molar-refractivity contribution in [2.75, 3.05) is 32.2 Å². The fraction of sp³-hybridized carbons (Fsp3) is 0.632. The molecule has 1 aliphatic carbocycles. The Labute approximate surface area is 168 Å². The second-order valence-electron chi connectivity index (χ2n) is 6.68. The molecule has 1 aliphatic rings. The third-order valence-electron chi connectivity index (χ3n) is 4.62. The third kappa shape index (κ3) is 6.02. The Morgan fingerprint density at radius 3 is 2.71 bits per heavy atom. The number of ether oxygens (including phenoxy) is 2. The summed E-state index contributed by atoms with van der Waals surface area (Å²) >= 11 is 1.38. The predicted molar refractivity (Wildman–Crippen MR) is 102 cm³/mol. The molecule has 0 fully saturated rings. The number of thiophene rings is 1. The minimum absolute atomic E-state index is 0.236. The van der Waals surface area contributed by atoms with E-state index in [0.29, 0.717) is 30.1 Å². The average Bonchev–Trinajstić information content (AvgIpc) is 3.01. The zero-order chi connectivity index (χ0) is 20.5. The van der Waals surface area contributed by atoms with Gasteiger partial charge in [0.1, 0.15) is 11.0 Å². The number of carbonyl (C=O) groups excluding carboxylic acids is 3. The number of fused-ring (bicyclic) bond motifs is 1. The maximum Gasteiger partial charge on any atom is 0.341 e. The van der Waals surface area contributed by atoms with Crippen molar-refractivity contribution in [3.05, 3.63) is 16.0 Å². The highest BCUT2D eigenvalue weighted by molar-refractivity contribution is 7.17. The molecule has 1 aromatic heterocycles. The molecule has 0 aromatic carbocycles. The summed E-state index contributed by atoms with van der Waals surface area (Å²) in [6.45, 7) is 3.02. The molecule has 0 spiro atoms. The van der Waals surface area contributed by atoms with E-state index in [1.54, 1.807) is 19.4 Å². The second-order valence-corrected chi connectivity index (χ2v) is 7.79. The van der Waals surface area contributed by atoms with Crippen LogP contribution in [0.5, 0.6) is 0 Å². The predicted octanol–water partition coefficient (Wildman–Crippen LogP) is -0.149. The Morgan fingerprint density at radius 2 is 2.04 bits per heavy atom. The SMILES string of the molecule is CCOC(=O)c1c(NC(=O)C[C@@H]([NH2+]CCCOC)C(=O)[O-])sc2c1CCCC2. The molecule has 0 saturated heterocycles. The lowest BCUT2D eigenvalue weighted by atomic mass is 9.95. The van der Waals surface area contributed by atoms with Crippen molar-refractivity contribution >= 4 is 34.2 Å². The highest BCUT2D eigenvalue weighted by Crippen LogP contribution is 2.38. The Balaban J connectivity index is 2.08. The summed E-state index contributed by atoms with van der Waals surface area (Å²) in [5, 5.41) is 16.1. The van der Waals surface area contributed by atoms with E-state index in [-0.39, 0.29) is 13.0 Å². The number of rotatable bonds is 11. The third-order valence-corrected chi connectivity index (χ3v) is 5.82. The molecule has 1 atom stereocenters. The van der Waals surface area contributed by atoms with Gasteiger partial charge < -0.3 is 30.0 Å². The Hall–Kier alpha value is -1.97. The number of carboxylic acids is 1. The lowest BCUT2D eigenvalue weighted by Gasteiger charge is -2.16. The van der Waals surface area contributed by atoms with Gasteiger partial charge >= 0.3 is 5.97 Å². The van der Waals surface area contributed by atoms with Crippen LogP contribution in [0, 0.1) is 0 Å². The number of carboxylic acid groups (broad SMARTS) is 1. The van der Waals surface area contributed by atoms with Crippen LogP contribution in [0.15, 0.2) is 0 Å². The molecule has 9 heteroatoms. The molecule has 8 nitrogen and oxygen atoms in total. The smallest absolute Gasteiger partial charge is 0.341 e. The van der Waals surface area contributed by atoms with Crippen LogP contribution in [0.3, 0.4) is 0 Å². The number of hydrogen-bond donors (Lipinski definition) is 2. The van der Waals surface area contributed by atoms with Crippen molar-refractivity contribution in [3.63, 3.8) is 0 Å². The fourth-order valence-corrected chi connectivity index (χ4v) is 4.55. The molecule has 3 N–H and O–H groups in total. The lowest BCUT2D eigenvalue weighted by molar-refractivity contribution is -0.682. The summed E-state index contributed by atoms with van der Waals surface area (Å²) in [6, 6.07) is -0.988. The van der Waals surface area contributed by atoms with Gasteiger partial charge in [0.25, 0.3) is 0 Å². The van der Waals surface area contributed by atoms with Crippen molar-refractivity contribution in [1.82, 2.24) is 0 Å². The van der Waals surface area contributed by atoms with Crippen molar-refractivity contribution < 1.29 is 34.3 Å². The van der Waals surface area contributed by atoms with E-state index in [1.165, 1.54) is 11.3 Å². The molecule has 0 bridgehead atoms. The van der Waals surface area contributed by atoms with Crippen LogP contribution < -0.4 is 15.7 Å². The minimum atomic E-state index is -1.29. The number of methoxy groups -OCH3 is 1. The first-order valence-corrected chi connectivity index (χ1v) is 10.4. The molecular weight excluding hydrogens is 384 g/mol. The van der Waals surface area contributed by atoms with Crippen LogP contribution in [-0.4, -0.2) is 50.8 Å². The largest absolute Gasteiger partial charge is 0.544 e. The van der Waals surface area contributed by atoms with Crippen molar-refractivity contribution in [2.24, 2.45) is 0 Å². The van der Waals surface area contributed by atoms with Crippen LogP contribution in [0.25, 0.3) is 0 Å². The number of hydrogen-bond acceptors (Lipinski definition) is 7. The highest BCUT2D eigenvalue weighted by Gasteiger charge is 2.28. The average molecular weight is 413 g/mol. The number of esters is 1. The summed E-state index contributed by atoms with van der Waals surface area (Å²) in [6.07, 6.45) is 4.13. The van der Waals surface area contributed by atoms with Gasteiger partial charge in [-0.1, -0.05) is 0 Å². The van der Waals surface area contributed by atoms with Gasteiger partial charge in [0.2, 0.25) is 5.91 Å². The number of amides is 1. The van der Waals surface area contributed by atoms with E-state index >= 15 is 0 Å². The van der Waals surface area contributed by atoms with E-state index in [1.807, 2.05) is 0 Å². The zero-order valence-corrected chi connectivity index (χ0v) is 17.2. The Bertz CT molecular complexity index is 703.